The van der Waals surface area contributed by atoms with Crippen molar-refractivity contribution >= 4 is 0 Å². The second-order valence-corrected chi connectivity index (χ2v) is 8.16. The van der Waals surface area contributed by atoms with E-state index in [-0.39, 0.29) is 5.82 Å². The van der Waals surface area contributed by atoms with Crippen molar-refractivity contribution in [2.75, 3.05) is 13.1 Å². The van der Waals surface area contributed by atoms with Gasteiger partial charge in [-0.1, -0.05) is 61.0 Å². The Morgan fingerprint density at radius 1 is 0.742 bits per heavy atom. The van der Waals surface area contributed by atoms with Gasteiger partial charge >= 0.3 is 0 Å². The highest BCUT2D eigenvalue weighted by Gasteiger charge is 2.18. The van der Waals surface area contributed by atoms with Crippen molar-refractivity contribution in [1.82, 2.24) is 14.7 Å². The summed E-state index contributed by atoms with van der Waals surface area (Å²) in [5.74, 6) is -0.228. The lowest BCUT2D eigenvalue weighted by Gasteiger charge is -2.25. The van der Waals surface area contributed by atoms with Gasteiger partial charge in [0.25, 0.3) is 0 Å². The Kier molecular flexibility index (Phi) is 5.63. The minimum Gasteiger partial charge on any atom is -0.297 e. The van der Waals surface area contributed by atoms with E-state index in [1.807, 2.05) is 41.1 Å². The van der Waals surface area contributed by atoms with Gasteiger partial charge < -0.3 is 0 Å². The molecule has 3 aromatic carbocycles. The maximum atomic E-state index is 14.7. The van der Waals surface area contributed by atoms with Crippen molar-refractivity contribution in [3.05, 3.63) is 96.4 Å². The largest absolute Gasteiger partial charge is 0.297 e. The zero-order chi connectivity index (χ0) is 21.0. The topological polar surface area (TPSA) is 21.1 Å². The van der Waals surface area contributed by atoms with Gasteiger partial charge in [0.2, 0.25) is 0 Å². The molecular weight excluding hydrogens is 385 g/mol. The van der Waals surface area contributed by atoms with Crippen molar-refractivity contribution in [2.45, 2.75) is 25.8 Å². The molecule has 0 aliphatic carbocycles. The van der Waals surface area contributed by atoms with Crippen LogP contribution < -0.4 is 0 Å². The molecule has 0 bridgehead atoms. The Hall–Kier alpha value is -3.24. The molecule has 2 heterocycles. The fraction of sp³-hybridized carbons (Fsp3) is 0.222. The minimum atomic E-state index is -0.228. The summed E-state index contributed by atoms with van der Waals surface area (Å²) in [6, 6.07) is 27.6. The van der Waals surface area contributed by atoms with Crippen LogP contribution in [0.15, 0.2) is 84.9 Å². The summed E-state index contributed by atoms with van der Waals surface area (Å²) in [7, 11) is 0. The number of nitrogens with zero attached hydrogens (tertiary/aromatic N) is 3. The molecule has 4 heteroatoms. The maximum Gasteiger partial charge on any atom is 0.132 e. The molecule has 0 unspecified atom stereocenters. The normalized spacial score (nSPS) is 14.6. The molecule has 1 aromatic heterocycles. The molecule has 1 fully saturated rings. The lowest BCUT2D eigenvalue weighted by atomic mass is 10.1. The number of likely N-dealkylation sites (tertiary alicyclic amines) is 1. The van der Waals surface area contributed by atoms with Crippen LogP contribution in [0, 0.1) is 5.82 Å². The molecule has 5 rings (SSSR count). The average Bonchev–Trinajstić information content (AvgIpc) is 3.24. The summed E-state index contributed by atoms with van der Waals surface area (Å²) < 4.78 is 16.6. The molecular formula is C27H26FN3. The van der Waals surface area contributed by atoms with Crippen LogP contribution in [-0.4, -0.2) is 27.8 Å². The van der Waals surface area contributed by atoms with E-state index in [1.54, 1.807) is 6.07 Å². The first kappa shape index (κ1) is 19.7. The molecule has 0 spiro atoms. The Morgan fingerprint density at radius 3 is 2.16 bits per heavy atom. The van der Waals surface area contributed by atoms with Crippen LogP contribution in [0.1, 0.15) is 25.0 Å². The van der Waals surface area contributed by atoms with Gasteiger partial charge in [0.15, 0.2) is 0 Å². The second kappa shape index (κ2) is 8.86. The number of benzene rings is 3. The van der Waals surface area contributed by atoms with Gasteiger partial charge in [-0.2, -0.15) is 5.10 Å². The number of rotatable bonds is 5. The third-order valence-electron chi connectivity index (χ3n) is 5.96. The molecule has 0 radical (unpaired) electrons. The maximum absolute atomic E-state index is 14.7. The molecule has 1 aliphatic heterocycles. The summed E-state index contributed by atoms with van der Waals surface area (Å²) in [6.45, 7) is 3.01. The van der Waals surface area contributed by atoms with E-state index in [2.05, 4.69) is 41.3 Å². The SMILES string of the molecule is Fc1ccccc1-c1cc(CN2CCCCC2)nn1-c1ccc(-c2ccccc2)cc1. The molecule has 0 N–H and O–H groups in total. The average molecular weight is 412 g/mol. The first-order valence-electron chi connectivity index (χ1n) is 11.0. The predicted molar refractivity (Wildman–Crippen MR) is 124 cm³/mol. The van der Waals surface area contributed by atoms with Crippen LogP contribution in [-0.2, 0) is 6.54 Å². The fourth-order valence-corrected chi connectivity index (χ4v) is 4.34. The molecule has 1 aliphatic rings. The third-order valence-corrected chi connectivity index (χ3v) is 5.96. The molecule has 0 amide bonds. The number of hydrogen-bond donors (Lipinski definition) is 0. The van der Waals surface area contributed by atoms with Gasteiger partial charge in [0.05, 0.1) is 17.1 Å². The monoisotopic (exact) mass is 411 g/mol. The Balaban J connectivity index is 1.52. The van der Waals surface area contributed by atoms with E-state index in [0.717, 1.165) is 42.3 Å². The Morgan fingerprint density at radius 2 is 1.42 bits per heavy atom. The zero-order valence-electron chi connectivity index (χ0n) is 17.5. The van der Waals surface area contributed by atoms with Gasteiger partial charge in [-0.15, -0.1) is 0 Å². The molecule has 3 nitrogen and oxygen atoms in total. The molecule has 0 saturated carbocycles. The first-order chi connectivity index (χ1) is 15.3. The lowest BCUT2D eigenvalue weighted by Crippen LogP contribution is -2.29. The quantitative estimate of drug-likeness (QED) is 0.382. The smallest absolute Gasteiger partial charge is 0.132 e. The van der Waals surface area contributed by atoms with Crippen LogP contribution in [0.4, 0.5) is 4.39 Å². The van der Waals surface area contributed by atoms with Gasteiger partial charge in [-0.25, -0.2) is 9.07 Å². The van der Waals surface area contributed by atoms with Gasteiger partial charge in [-0.3, -0.25) is 4.90 Å². The van der Waals surface area contributed by atoms with E-state index in [1.165, 1.54) is 30.9 Å². The molecule has 0 atom stereocenters. The van der Waals surface area contributed by atoms with Crippen LogP contribution in [0.2, 0.25) is 0 Å². The summed E-state index contributed by atoms with van der Waals surface area (Å²) >= 11 is 0. The van der Waals surface area contributed by atoms with Gasteiger partial charge in [-0.05, 0) is 67.4 Å². The van der Waals surface area contributed by atoms with E-state index >= 15 is 0 Å². The van der Waals surface area contributed by atoms with Crippen LogP contribution in [0.5, 0.6) is 0 Å². The number of piperidine rings is 1. The molecule has 4 aromatic rings. The van der Waals surface area contributed by atoms with Crippen molar-refractivity contribution in [3.63, 3.8) is 0 Å². The van der Waals surface area contributed by atoms with E-state index < -0.39 is 0 Å². The summed E-state index contributed by atoms with van der Waals surface area (Å²) in [4.78, 5) is 2.44. The first-order valence-corrected chi connectivity index (χ1v) is 11.0. The Bertz CT molecular complexity index is 1140. The zero-order valence-corrected chi connectivity index (χ0v) is 17.5. The van der Waals surface area contributed by atoms with E-state index in [4.69, 9.17) is 5.10 Å². The summed E-state index contributed by atoms with van der Waals surface area (Å²) in [5, 5.41) is 4.90. The molecule has 31 heavy (non-hydrogen) atoms. The second-order valence-electron chi connectivity index (χ2n) is 8.16. The summed E-state index contributed by atoms with van der Waals surface area (Å²) in [6.07, 6.45) is 3.78. The van der Waals surface area contributed by atoms with Crippen molar-refractivity contribution < 1.29 is 4.39 Å². The number of hydrogen-bond acceptors (Lipinski definition) is 2. The highest BCUT2D eigenvalue weighted by molar-refractivity contribution is 5.67. The highest BCUT2D eigenvalue weighted by atomic mass is 19.1. The molecule has 156 valence electrons. The van der Waals surface area contributed by atoms with E-state index in [0.29, 0.717) is 5.56 Å². The predicted octanol–water partition coefficient (Wildman–Crippen LogP) is 6.33. The number of halogens is 1. The third kappa shape index (κ3) is 4.30. The van der Waals surface area contributed by atoms with E-state index in [9.17, 15) is 4.39 Å². The summed E-state index contributed by atoms with van der Waals surface area (Å²) in [5.41, 5.74) is 5.60. The van der Waals surface area contributed by atoms with Crippen LogP contribution in [0.25, 0.3) is 28.1 Å². The van der Waals surface area contributed by atoms with Crippen molar-refractivity contribution in [3.8, 4) is 28.1 Å². The van der Waals surface area contributed by atoms with Gasteiger partial charge in [0.1, 0.15) is 5.82 Å². The highest BCUT2D eigenvalue weighted by Crippen LogP contribution is 2.28. The standard InChI is InChI=1S/C27H26FN3/c28-26-12-6-5-11-25(26)27-19-23(20-30-17-7-2-8-18-30)29-31(27)24-15-13-22(14-16-24)21-9-3-1-4-10-21/h1,3-6,9-16,19H,2,7-8,17-18,20H2. The Labute approximate surface area is 182 Å². The van der Waals surface area contributed by atoms with Crippen molar-refractivity contribution in [2.24, 2.45) is 0 Å². The van der Waals surface area contributed by atoms with Crippen LogP contribution >= 0.6 is 0 Å². The fourth-order valence-electron chi connectivity index (χ4n) is 4.34. The van der Waals surface area contributed by atoms with Gasteiger partial charge in [0, 0.05) is 12.1 Å². The lowest BCUT2D eigenvalue weighted by molar-refractivity contribution is 0.218. The molecule has 1 saturated heterocycles. The van der Waals surface area contributed by atoms with Crippen LogP contribution in [0.3, 0.4) is 0 Å². The number of aromatic nitrogens is 2. The minimum absolute atomic E-state index is 0.228. The van der Waals surface area contributed by atoms with Crippen molar-refractivity contribution in [1.29, 1.82) is 0 Å².